The minimum atomic E-state index is -3.44. The Hall–Kier alpha value is -1.70. The highest BCUT2D eigenvalue weighted by atomic mass is 32.2. The Balaban J connectivity index is 1.44. The maximum Gasteiger partial charge on any atom is 0.251 e. The van der Waals surface area contributed by atoms with E-state index in [9.17, 15) is 13.2 Å². The molecule has 1 aliphatic carbocycles. The molecule has 150 valence electrons. The van der Waals surface area contributed by atoms with Crippen LogP contribution in [-0.2, 0) is 15.4 Å². The zero-order chi connectivity index (χ0) is 19.6. The van der Waals surface area contributed by atoms with Gasteiger partial charge in [-0.2, -0.15) is 4.31 Å². The van der Waals surface area contributed by atoms with Crippen molar-refractivity contribution in [3.63, 3.8) is 0 Å². The van der Waals surface area contributed by atoms with Crippen LogP contribution < -0.4 is 5.32 Å². The highest BCUT2D eigenvalue weighted by Gasteiger charge is 2.36. The van der Waals surface area contributed by atoms with E-state index < -0.39 is 10.0 Å². The van der Waals surface area contributed by atoms with E-state index in [1.165, 1.54) is 22.0 Å². The molecule has 0 spiro atoms. The Morgan fingerprint density at radius 1 is 1.04 bits per heavy atom. The van der Waals surface area contributed by atoms with Gasteiger partial charge in [-0.3, -0.25) is 4.79 Å². The minimum absolute atomic E-state index is 0.0445. The second kappa shape index (κ2) is 7.97. The van der Waals surface area contributed by atoms with Crippen molar-refractivity contribution in [3.8, 4) is 0 Å². The fourth-order valence-electron chi connectivity index (χ4n) is 4.35. The quantitative estimate of drug-likeness (QED) is 0.776. The molecule has 28 heavy (non-hydrogen) atoms. The van der Waals surface area contributed by atoms with Crippen molar-refractivity contribution in [1.29, 1.82) is 0 Å². The van der Waals surface area contributed by atoms with Crippen LogP contribution in [0.2, 0.25) is 0 Å². The Morgan fingerprint density at radius 3 is 2.32 bits per heavy atom. The number of carbonyl (C=O) groups excluding carboxylic acids is 1. The summed E-state index contributed by atoms with van der Waals surface area (Å²) in [4.78, 5) is 14.3. The SMILES string of the molecule is O=C(NCC1(c2cccs2)CCCC1)c1ccc(S(=O)(=O)N2CCCC2)cc1. The summed E-state index contributed by atoms with van der Waals surface area (Å²) < 4.78 is 26.8. The summed E-state index contributed by atoms with van der Waals surface area (Å²) >= 11 is 1.76. The van der Waals surface area contributed by atoms with Crippen LogP contribution in [-0.4, -0.2) is 38.3 Å². The summed E-state index contributed by atoms with van der Waals surface area (Å²) in [6.45, 7) is 1.78. The first-order valence-electron chi connectivity index (χ1n) is 9.94. The second-order valence-electron chi connectivity index (χ2n) is 7.78. The molecule has 0 unspecified atom stereocenters. The fourth-order valence-corrected chi connectivity index (χ4v) is 6.85. The molecule has 1 N–H and O–H groups in total. The van der Waals surface area contributed by atoms with Gasteiger partial charge in [-0.05, 0) is 61.4 Å². The molecule has 2 aromatic rings. The third-order valence-electron chi connectivity index (χ3n) is 6.01. The molecule has 0 bridgehead atoms. The van der Waals surface area contributed by atoms with Gasteiger partial charge in [0, 0.05) is 35.5 Å². The summed E-state index contributed by atoms with van der Waals surface area (Å²) in [5.41, 5.74) is 0.544. The molecule has 1 aromatic carbocycles. The van der Waals surface area contributed by atoms with Gasteiger partial charge in [0.1, 0.15) is 0 Å². The van der Waals surface area contributed by atoms with Crippen molar-refractivity contribution in [2.75, 3.05) is 19.6 Å². The van der Waals surface area contributed by atoms with Crippen LogP contribution in [0.5, 0.6) is 0 Å². The summed E-state index contributed by atoms with van der Waals surface area (Å²) in [5.74, 6) is -0.145. The van der Waals surface area contributed by atoms with Crippen LogP contribution in [0.3, 0.4) is 0 Å². The molecule has 5 nitrogen and oxygen atoms in total. The average molecular weight is 419 g/mol. The Morgan fingerprint density at radius 2 is 1.71 bits per heavy atom. The number of amides is 1. The molecule has 1 aromatic heterocycles. The second-order valence-corrected chi connectivity index (χ2v) is 10.7. The van der Waals surface area contributed by atoms with E-state index in [4.69, 9.17) is 0 Å². The van der Waals surface area contributed by atoms with Gasteiger partial charge in [0.25, 0.3) is 5.91 Å². The topological polar surface area (TPSA) is 66.5 Å². The number of rotatable bonds is 6. The number of hydrogen-bond acceptors (Lipinski definition) is 4. The van der Waals surface area contributed by atoms with Crippen molar-refractivity contribution >= 4 is 27.3 Å². The van der Waals surface area contributed by atoms with E-state index in [2.05, 4.69) is 22.8 Å². The van der Waals surface area contributed by atoms with Gasteiger partial charge in [0.05, 0.1) is 4.90 Å². The summed E-state index contributed by atoms with van der Waals surface area (Å²) in [6.07, 6.45) is 6.40. The van der Waals surface area contributed by atoms with Gasteiger partial charge in [-0.1, -0.05) is 18.9 Å². The lowest BCUT2D eigenvalue weighted by molar-refractivity contribution is 0.0943. The van der Waals surface area contributed by atoms with Crippen molar-refractivity contribution in [2.24, 2.45) is 0 Å². The standard InChI is InChI=1S/C21H26N2O3S2/c24-20(22-16-21(11-1-2-12-21)19-6-5-15-27-19)17-7-9-18(10-8-17)28(25,26)23-13-3-4-14-23/h5-10,15H,1-4,11-14,16H2,(H,22,24). The summed E-state index contributed by atoms with van der Waals surface area (Å²) in [6, 6.07) is 10.6. The molecule has 0 atom stereocenters. The van der Waals surface area contributed by atoms with Crippen molar-refractivity contribution in [1.82, 2.24) is 9.62 Å². The van der Waals surface area contributed by atoms with Gasteiger partial charge in [0.15, 0.2) is 0 Å². The highest BCUT2D eigenvalue weighted by molar-refractivity contribution is 7.89. The van der Waals surface area contributed by atoms with E-state index >= 15 is 0 Å². The van der Waals surface area contributed by atoms with Crippen LogP contribution in [0.1, 0.15) is 53.8 Å². The van der Waals surface area contributed by atoms with Crippen LogP contribution in [0.15, 0.2) is 46.7 Å². The number of nitrogens with one attached hydrogen (secondary N) is 1. The van der Waals surface area contributed by atoms with Crippen molar-refractivity contribution in [2.45, 2.75) is 48.8 Å². The Kier molecular flexibility index (Phi) is 5.58. The van der Waals surface area contributed by atoms with E-state index in [0.29, 0.717) is 25.2 Å². The Bertz CT molecular complexity index is 909. The largest absolute Gasteiger partial charge is 0.351 e. The smallest absolute Gasteiger partial charge is 0.251 e. The van der Waals surface area contributed by atoms with Crippen LogP contribution in [0, 0.1) is 0 Å². The highest BCUT2D eigenvalue weighted by Crippen LogP contribution is 2.42. The monoisotopic (exact) mass is 418 g/mol. The van der Waals surface area contributed by atoms with Gasteiger partial charge in [-0.15, -0.1) is 11.3 Å². The van der Waals surface area contributed by atoms with Gasteiger partial charge < -0.3 is 5.32 Å². The predicted molar refractivity (Wildman–Crippen MR) is 111 cm³/mol. The van der Waals surface area contributed by atoms with E-state index in [1.807, 2.05) is 0 Å². The normalized spacial score (nSPS) is 19.7. The van der Waals surface area contributed by atoms with Crippen molar-refractivity contribution in [3.05, 3.63) is 52.2 Å². The first kappa shape index (κ1) is 19.6. The molecule has 1 saturated carbocycles. The van der Waals surface area contributed by atoms with Gasteiger partial charge in [0.2, 0.25) is 10.0 Å². The lowest BCUT2D eigenvalue weighted by atomic mass is 9.84. The molecule has 7 heteroatoms. The lowest BCUT2D eigenvalue weighted by Gasteiger charge is -2.28. The maximum atomic E-state index is 12.7. The minimum Gasteiger partial charge on any atom is -0.351 e. The summed E-state index contributed by atoms with van der Waals surface area (Å²) in [7, 11) is -3.44. The number of thiophene rings is 1. The third-order valence-corrected chi connectivity index (χ3v) is 9.04. The van der Waals surface area contributed by atoms with Gasteiger partial charge in [-0.25, -0.2) is 8.42 Å². The molecule has 2 fully saturated rings. The number of hydrogen-bond donors (Lipinski definition) is 1. The Labute approximate surface area is 170 Å². The number of sulfonamides is 1. The maximum absolute atomic E-state index is 12.7. The number of benzene rings is 1. The van der Waals surface area contributed by atoms with E-state index in [0.717, 1.165) is 25.7 Å². The van der Waals surface area contributed by atoms with E-state index in [-0.39, 0.29) is 16.2 Å². The van der Waals surface area contributed by atoms with Gasteiger partial charge >= 0.3 is 0 Å². The van der Waals surface area contributed by atoms with Crippen molar-refractivity contribution < 1.29 is 13.2 Å². The first-order valence-corrected chi connectivity index (χ1v) is 12.3. The molecule has 1 amide bonds. The summed E-state index contributed by atoms with van der Waals surface area (Å²) in [5, 5.41) is 5.19. The predicted octanol–water partition coefficient (Wildman–Crippen LogP) is 3.77. The number of carbonyl (C=O) groups is 1. The number of nitrogens with zero attached hydrogens (tertiary/aromatic N) is 1. The molecule has 4 rings (SSSR count). The molecule has 2 aliphatic rings. The third kappa shape index (κ3) is 3.75. The molecule has 0 radical (unpaired) electrons. The molecule has 2 heterocycles. The van der Waals surface area contributed by atoms with Crippen LogP contribution in [0.4, 0.5) is 0 Å². The van der Waals surface area contributed by atoms with E-state index in [1.54, 1.807) is 35.6 Å². The zero-order valence-electron chi connectivity index (χ0n) is 15.9. The van der Waals surface area contributed by atoms with Crippen LogP contribution >= 0.6 is 11.3 Å². The molecular weight excluding hydrogens is 392 g/mol. The first-order chi connectivity index (χ1) is 13.5. The molecule has 1 aliphatic heterocycles. The van der Waals surface area contributed by atoms with Crippen LogP contribution in [0.25, 0.3) is 0 Å². The fraction of sp³-hybridized carbons (Fsp3) is 0.476. The molecule has 1 saturated heterocycles. The zero-order valence-corrected chi connectivity index (χ0v) is 17.5. The molecular formula is C21H26N2O3S2. The average Bonchev–Trinajstić information content (AvgIpc) is 3.48. The lowest BCUT2D eigenvalue weighted by Crippen LogP contribution is -2.38.